The van der Waals surface area contributed by atoms with E-state index in [1.807, 2.05) is 0 Å². The Labute approximate surface area is 107 Å². The first-order valence-electron chi connectivity index (χ1n) is 6.37. The van der Waals surface area contributed by atoms with Crippen LogP contribution >= 0.6 is 0 Å². The summed E-state index contributed by atoms with van der Waals surface area (Å²) in [6.45, 7) is 7.14. The molecule has 2 rings (SSSR count). The summed E-state index contributed by atoms with van der Waals surface area (Å²) in [5.74, 6) is -0.103. The monoisotopic (exact) mass is 253 g/mol. The van der Waals surface area contributed by atoms with Crippen molar-refractivity contribution >= 4 is 5.91 Å². The van der Waals surface area contributed by atoms with Crippen LogP contribution in [0.2, 0.25) is 0 Å². The zero-order chi connectivity index (χ0) is 13.3. The quantitative estimate of drug-likeness (QED) is 0.834. The molecule has 100 valence electrons. The lowest BCUT2D eigenvalue weighted by Gasteiger charge is -2.27. The van der Waals surface area contributed by atoms with Crippen molar-refractivity contribution < 1.29 is 9.18 Å². The smallest absolute Gasteiger partial charge is 0.274 e. The van der Waals surface area contributed by atoms with Gasteiger partial charge >= 0.3 is 0 Å². The van der Waals surface area contributed by atoms with Crippen LogP contribution in [-0.2, 0) is 5.41 Å². The second kappa shape index (κ2) is 4.71. The van der Waals surface area contributed by atoms with E-state index in [4.69, 9.17) is 0 Å². The molecule has 1 amide bonds. The third-order valence-electron chi connectivity index (χ3n) is 3.32. The van der Waals surface area contributed by atoms with E-state index in [2.05, 4.69) is 31.0 Å². The van der Waals surface area contributed by atoms with Crippen LogP contribution in [0.25, 0.3) is 0 Å². The normalized spacial score (nSPS) is 18.1. The van der Waals surface area contributed by atoms with Crippen molar-refractivity contribution in [2.24, 2.45) is 0 Å². The molecule has 0 radical (unpaired) electrons. The molecule has 0 bridgehead atoms. The Bertz CT molecular complexity index is 428. The van der Waals surface area contributed by atoms with Crippen molar-refractivity contribution in [2.75, 3.05) is 13.1 Å². The van der Waals surface area contributed by atoms with Crippen LogP contribution in [-0.4, -0.2) is 40.3 Å². The number of hydrogen-bond acceptors (Lipinski definition) is 2. The highest BCUT2D eigenvalue weighted by Gasteiger charge is 2.26. The summed E-state index contributed by atoms with van der Waals surface area (Å²) in [5, 5.41) is 6.97. The molecule has 5 heteroatoms. The lowest BCUT2D eigenvalue weighted by Crippen LogP contribution is -2.39. The molecule has 0 aliphatic carbocycles. The predicted molar refractivity (Wildman–Crippen MR) is 67.3 cm³/mol. The van der Waals surface area contributed by atoms with E-state index in [-0.39, 0.29) is 11.3 Å². The molecule has 4 nitrogen and oxygen atoms in total. The molecule has 1 fully saturated rings. The Hall–Kier alpha value is -1.39. The van der Waals surface area contributed by atoms with Gasteiger partial charge in [-0.1, -0.05) is 20.8 Å². The van der Waals surface area contributed by atoms with Crippen LogP contribution in [0.1, 0.15) is 49.8 Å². The van der Waals surface area contributed by atoms with Gasteiger partial charge in [0, 0.05) is 24.2 Å². The van der Waals surface area contributed by atoms with Crippen molar-refractivity contribution in [3.05, 3.63) is 17.5 Å². The number of nitrogens with zero attached hydrogens (tertiary/aromatic N) is 2. The molecular weight excluding hydrogens is 233 g/mol. The average molecular weight is 253 g/mol. The second-order valence-corrected chi connectivity index (χ2v) is 5.88. The minimum Gasteiger partial charge on any atom is -0.337 e. The molecule has 0 aromatic carbocycles. The Balaban J connectivity index is 2.07. The number of carbonyl (C=O) groups is 1. The molecule has 1 saturated heterocycles. The second-order valence-electron chi connectivity index (χ2n) is 5.88. The predicted octanol–water partition coefficient (Wildman–Crippen LogP) is 2.28. The molecule has 0 atom stereocenters. The Morgan fingerprint density at radius 1 is 1.44 bits per heavy atom. The molecule has 1 aliphatic heterocycles. The van der Waals surface area contributed by atoms with E-state index < -0.39 is 6.17 Å². The zero-order valence-electron chi connectivity index (χ0n) is 11.2. The summed E-state index contributed by atoms with van der Waals surface area (Å²) in [4.78, 5) is 13.8. The van der Waals surface area contributed by atoms with Gasteiger partial charge in [-0.3, -0.25) is 9.89 Å². The Morgan fingerprint density at radius 2 is 2.06 bits per heavy atom. The molecule has 1 N–H and O–H groups in total. The van der Waals surface area contributed by atoms with Gasteiger partial charge in [-0.25, -0.2) is 4.39 Å². The van der Waals surface area contributed by atoms with Crippen LogP contribution in [0.15, 0.2) is 6.07 Å². The van der Waals surface area contributed by atoms with Crippen LogP contribution in [0.3, 0.4) is 0 Å². The van der Waals surface area contributed by atoms with Crippen LogP contribution < -0.4 is 0 Å². The SMILES string of the molecule is CC(C)(C)c1cc(C(=O)N2CCC(F)CC2)n[nH]1. The maximum Gasteiger partial charge on any atom is 0.274 e. The maximum absolute atomic E-state index is 13.0. The number of piperidine rings is 1. The van der Waals surface area contributed by atoms with Gasteiger partial charge in [-0.05, 0) is 18.9 Å². The fraction of sp³-hybridized carbons (Fsp3) is 0.692. The number of likely N-dealkylation sites (tertiary alicyclic amines) is 1. The third-order valence-corrected chi connectivity index (χ3v) is 3.32. The van der Waals surface area contributed by atoms with Gasteiger partial charge in [-0.15, -0.1) is 0 Å². The van der Waals surface area contributed by atoms with Crippen molar-refractivity contribution in [1.82, 2.24) is 15.1 Å². The summed E-state index contributed by atoms with van der Waals surface area (Å²) in [7, 11) is 0. The first-order valence-corrected chi connectivity index (χ1v) is 6.37. The number of nitrogens with one attached hydrogen (secondary N) is 1. The van der Waals surface area contributed by atoms with E-state index in [0.717, 1.165) is 5.69 Å². The molecule has 1 aliphatic rings. The standard InChI is InChI=1S/C13H20FN3O/c1-13(2,3)11-8-10(15-16-11)12(18)17-6-4-9(14)5-7-17/h8-9H,4-7H2,1-3H3,(H,15,16). The minimum absolute atomic E-state index is 0.0581. The summed E-state index contributed by atoms with van der Waals surface area (Å²) in [6, 6.07) is 1.80. The van der Waals surface area contributed by atoms with Crippen molar-refractivity contribution in [3.8, 4) is 0 Å². The van der Waals surface area contributed by atoms with E-state index in [1.165, 1.54) is 0 Å². The van der Waals surface area contributed by atoms with Crippen LogP contribution in [0.4, 0.5) is 4.39 Å². The summed E-state index contributed by atoms with van der Waals surface area (Å²) < 4.78 is 13.0. The van der Waals surface area contributed by atoms with E-state index >= 15 is 0 Å². The average Bonchev–Trinajstić information content (AvgIpc) is 2.78. The topological polar surface area (TPSA) is 49.0 Å². The number of amides is 1. The molecule has 18 heavy (non-hydrogen) atoms. The number of aromatic amines is 1. The Morgan fingerprint density at radius 3 is 2.56 bits per heavy atom. The zero-order valence-corrected chi connectivity index (χ0v) is 11.2. The fourth-order valence-electron chi connectivity index (χ4n) is 2.03. The van der Waals surface area contributed by atoms with E-state index in [1.54, 1.807) is 11.0 Å². The molecule has 1 aromatic rings. The lowest BCUT2D eigenvalue weighted by atomic mass is 9.92. The van der Waals surface area contributed by atoms with Gasteiger partial charge in [0.05, 0.1) is 0 Å². The summed E-state index contributed by atoms with van der Waals surface area (Å²) in [6.07, 6.45) is 0.100. The third kappa shape index (κ3) is 2.71. The van der Waals surface area contributed by atoms with Crippen molar-refractivity contribution in [3.63, 3.8) is 0 Å². The highest BCUT2D eigenvalue weighted by molar-refractivity contribution is 5.92. The van der Waals surface area contributed by atoms with Gasteiger partial charge in [-0.2, -0.15) is 5.10 Å². The van der Waals surface area contributed by atoms with Gasteiger partial charge in [0.2, 0.25) is 0 Å². The largest absolute Gasteiger partial charge is 0.337 e. The Kier molecular flexibility index (Phi) is 3.41. The summed E-state index contributed by atoms with van der Waals surface area (Å²) >= 11 is 0. The number of halogens is 1. The van der Waals surface area contributed by atoms with Crippen LogP contribution in [0.5, 0.6) is 0 Å². The first-order chi connectivity index (χ1) is 8.38. The fourth-order valence-corrected chi connectivity index (χ4v) is 2.03. The number of H-pyrrole nitrogens is 1. The number of carbonyl (C=O) groups excluding carboxylic acids is 1. The van der Waals surface area contributed by atoms with Crippen molar-refractivity contribution in [2.45, 2.75) is 45.2 Å². The minimum atomic E-state index is -0.765. The van der Waals surface area contributed by atoms with Crippen molar-refractivity contribution in [1.29, 1.82) is 0 Å². The highest BCUT2D eigenvalue weighted by atomic mass is 19.1. The highest BCUT2D eigenvalue weighted by Crippen LogP contribution is 2.21. The molecule has 0 spiro atoms. The van der Waals surface area contributed by atoms with Gasteiger partial charge in [0.1, 0.15) is 11.9 Å². The molecular formula is C13H20FN3O. The van der Waals surface area contributed by atoms with E-state index in [0.29, 0.717) is 31.6 Å². The molecule has 1 aromatic heterocycles. The molecule has 0 unspecified atom stereocenters. The molecule has 0 saturated carbocycles. The number of aromatic nitrogens is 2. The van der Waals surface area contributed by atoms with Gasteiger partial charge in [0.25, 0.3) is 5.91 Å². The lowest BCUT2D eigenvalue weighted by molar-refractivity contribution is 0.0661. The van der Waals surface area contributed by atoms with Crippen LogP contribution in [0, 0.1) is 0 Å². The van der Waals surface area contributed by atoms with Gasteiger partial charge in [0.15, 0.2) is 0 Å². The number of hydrogen-bond donors (Lipinski definition) is 1. The number of rotatable bonds is 1. The number of alkyl halides is 1. The maximum atomic E-state index is 13.0. The van der Waals surface area contributed by atoms with E-state index in [9.17, 15) is 9.18 Å². The first kappa shape index (κ1) is 13.1. The van der Waals surface area contributed by atoms with Gasteiger partial charge < -0.3 is 4.90 Å². The molecule has 2 heterocycles. The summed E-state index contributed by atoms with van der Waals surface area (Å²) in [5.41, 5.74) is 1.31.